The minimum Gasteiger partial charge on any atom is -0.392 e. The summed E-state index contributed by atoms with van der Waals surface area (Å²) < 4.78 is 0. The van der Waals surface area contributed by atoms with Crippen molar-refractivity contribution in [2.75, 3.05) is 0 Å². The van der Waals surface area contributed by atoms with Crippen molar-refractivity contribution < 1.29 is 4.79 Å². The fraction of sp³-hybridized carbons (Fsp3) is 0.529. The van der Waals surface area contributed by atoms with Crippen LogP contribution in [0.3, 0.4) is 0 Å². The summed E-state index contributed by atoms with van der Waals surface area (Å²) in [5, 5.41) is 3.19. The average Bonchev–Trinajstić information content (AvgIpc) is 2.49. The van der Waals surface area contributed by atoms with Gasteiger partial charge in [0.2, 0.25) is 5.91 Å². The molecule has 0 heterocycles. The molecule has 1 amide bonds. The summed E-state index contributed by atoms with van der Waals surface area (Å²) in [7, 11) is 0. The molecule has 2 rings (SSSR count). The van der Waals surface area contributed by atoms with Crippen LogP contribution in [0.1, 0.15) is 56.7 Å². The first kappa shape index (κ1) is 16.0. The standard InChI is InChI=1S/C17H24N2OS/c1-3-17(4-2,15(18)21)16(20)19-14-11-7-9-12-8-5-6-10-13(12)14/h5-6,8,10,14H,3-4,7,9,11H2,1-2H3,(H2,18,21)(H,19,20). The minimum atomic E-state index is -0.721. The lowest BCUT2D eigenvalue weighted by atomic mass is 9.80. The van der Waals surface area contributed by atoms with E-state index in [9.17, 15) is 4.79 Å². The van der Waals surface area contributed by atoms with E-state index in [4.69, 9.17) is 18.0 Å². The smallest absolute Gasteiger partial charge is 0.233 e. The molecule has 0 bridgehead atoms. The molecule has 1 aliphatic rings. The second-order valence-electron chi connectivity index (χ2n) is 5.77. The summed E-state index contributed by atoms with van der Waals surface area (Å²) in [6.07, 6.45) is 4.44. The first-order valence-corrected chi connectivity index (χ1v) is 8.14. The fourth-order valence-corrected chi connectivity index (χ4v) is 3.61. The lowest BCUT2D eigenvalue weighted by Gasteiger charge is -2.33. The fourth-order valence-electron chi connectivity index (χ4n) is 3.23. The van der Waals surface area contributed by atoms with Crippen molar-refractivity contribution in [3.8, 4) is 0 Å². The van der Waals surface area contributed by atoms with E-state index in [0.717, 1.165) is 19.3 Å². The van der Waals surface area contributed by atoms with Gasteiger partial charge in [-0.05, 0) is 43.2 Å². The topological polar surface area (TPSA) is 55.1 Å². The molecule has 0 spiro atoms. The van der Waals surface area contributed by atoms with Crippen molar-refractivity contribution >= 4 is 23.1 Å². The number of carbonyl (C=O) groups excluding carboxylic acids is 1. The average molecular weight is 304 g/mol. The molecule has 1 aromatic rings. The molecule has 21 heavy (non-hydrogen) atoms. The summed E-state index contributed by atoms with van der Waals surface area (Å²) in [6.45, 7) is 3.94. The number of benzene rings is 1. The van der Waals surface area contributed by atoms with E-state index in [0.29, 0.717) is 17.8 Å². The van der Waals surface area contributed by atoms with E-state index < -0.39 is 5.41 Å². The zero-order valence-electron chi connectivity index (χ0n) is 12.8. The van der Waals surface area contributed by atoms with Crippen LogP contribution in [0.5, 0.6) is 0 Å². The van der Waals surface area contributed by atoms with Gasteiger partial charge in [-0.2, -0.15) is 0 Å². The molecule has 1 unspecified atom stereocenters. The van der Waals surface area contributed by atoms with E-state index in [1.807, 2.05) is 19.9 Å². The maximum Gasteiger partial charge on any atom is 0.233 e. The Morgan fingerprint density at radius 1 is 1.38 bits per heavy atom. The number of hydrogen-bond acceptors (Lipinski definition) is 2. The zero-order valence-corrected chi connectivity index (χ0v) is 13.6. The third-order valence-corrected chi connectivity index (χ3v) is 5.18. The molecule has 4 heteroatoms. The van der Waals surface area contributed by atoms with E-state index in [2.05, 4.69) is 23.5 Å². The normalized spacial score (nSPS) is 17.9. The summed E-state index contributed by atoms with van der Waals surface area (Å²) in [4.78, 5) is 13.1. The van der Waals surface area contributed by atoms with Gasteiger partial charge in [-0.1, -0.05) is 50.3 Å². The van der Waals surface area contributed by atoms with Crippen molar-refractivity contribution in [2.24, 2.45) is 11.1 Å². The molecule has 1 aliphatic carbocycles. The van der Waals surface area contributed by atoms with Gasteiger partial charge in [-0.15, -0.1) is 0 Å². The van der Waals surface area contributed by atoms with Gasteiger partial charge in [0.1, 0.15) is 0 Å². The Morgan fingerprint density at radius 3 is 2.67 bits per heavy atom. The highest BCUT2D eigenvalue weighted by Crippen LogP contribution is 2.33. The second kappa shape index (κ2) is 6.56. The molecule has 0 fully saturated rings. The predicted molar refractivity (Wildman–Crippen MR) is 90.1 cm³/mol. The van der Waals surface area contributed by atoms with Gasteiger partial charge in [-0.25, -0.2) is 0 Å². The minimum absolute atomic E-state index is 0.0262. The van der Waals surface area contributed by atoms with Gasteiger partial charge in [0.05, 0.1) is 16.4 Å². The molecule has 3 N–H and O–H groups in total. The SMILES string of the molecule is CCC(CC)(C(=O)NC1CCCc2ccccc21)C(N)=S. The van der Waals surface area contributed by atoms with Crippen LogP contribution in [-0.2, 0) is 11.2 Å². The first-order valence-electron chi connectivity index (χ1n) is 7.73. The van der Waals surface area contributed by atoms with Gasteiger partial charge in [0.25, 0.3) is 0 Å². The third-order valence-electron chi connectivity index (χ3n) is 4.79. The number of thiocarbonyl (C=S) groups is 1. The number of nitrogens with two attached hydrogens (primary N) is 1. The number of amides is 1. The van der Waals surface area contributed by atoms with E-state index in [-0.39, 0.29) is 11.9 Å². The Labute approximate surface area is 132 Å². The highest BCUT2D eigenvalue weighted by Gasteiger charge is 2.39. The Morgan fingerprint density at radius 2 is 2.05 bits per heavy atom. The highest BCUT2D eigenvalue weighted by molar-refractivity contribution is 7.80. The summed E-state index contributed by atoms with van der Waals surface area (Å²) in [6, 6.07) is 8.42. The molecule has 1 atom stereocenters. The molecule has 0 radical (unpaired) electrons. The van der Waals surface area contributed by atoms with Gasteiger partial charge < -0.3 is 11.1 Å². The van der Waals surface area contributed by atoms with Crippen molar-refractivity contribution in [1.82, 2.24) is 5.32 Å². The Balaban J connectivity index is 2.22. The molecule has 0 aliphatic heterocycles. The van der Waals surface area contributed by atoms with Crippen molar-refractivity contribution in [3.05, 3.63) is 35.4 Å². The van der Waals surface area contributed by atoms with Crippen molar-refractivity contribution in [1.29, 1.82) is 0 Å². The number of carbonyl (C=O) groups is 1. The summed E-state index contributed by atoms with van der Waals surface area (Å²) in [5.74, 6) is -0.0262. The predicted octanol–water partition coefficient (Wildman–Crippen LogP) is 3.27. The molecule has 0 aromatic heterocycles. The number of nitrogens with one attached hydrogen (secondary N) is 1. The molecule has 0 saturated carbocycles. The third kappa shape index (κ3) is 2.95. The number of fused-ring (bicyclic) bond motifs is 1. The van der Waals surface area contributed by atoms with E-state index in [1.165, 1.54) is 11.1 Å². The summed E-state index contributed by atoms with van der Waals surface area (Å²) >= 11 is 5.17. The van der Waals surface area contributed by atoms with Crippen LogP contribution in [0, 0.1) is 5.41 Å². The number of aryl methyl sites for hydroxylation is 1. The molecule has 0 saturated heterocycles. The second-order valence-corrected chi connectivity index (χ2v) is 6.21. The maximum absolute atomic E-state index is 12.8. The zero-order chi connectivity index (χ0) is 15.5. The van der Waals surface area contributed by atoms with Gasteiger partial charge in [0.15, 0.2) is 0 Å². The van der Waals surface area contributed by atoms with Crippen LogP contribution in [0.25, 0.3) is 0 Å². The Bertz CT molecular complexity index is 537. The summed E-state index contributed by atoms with van der Waals surface area (Å²) in [5.41, 5.74) is 7.72. The van der Waals surface area contributed by atoms with Crippen LogP contribution >= 0.6 is 12.2 Å². The van der Waals surface area contributed by atoms with E-state index in [1.54, 1.807) is 0 Å². The lowest BCUT2D eigenvalue weighted by molar-refractivity contribution is -0.128. The molecule has 1 aromatic carbocycles. The van der Waals surface area contributed by atoms with Gasteiger partial charge in [-0.3, -0.25) is 4.79 Å². The molecular weight excluding hydrogens is 280 g/mol. The molecule has 114 valence electrons. The highest BCUT2D eigenvalue weighted by atomic mass is 32.1. The van der Waals surface area contributed by atoms with Crippen LogP contribution < -0.4 is 11.1 Å². The Kier molecular flexibility index (Phi) is 4.99. The van der Waals surface area contributed by atoms with Crippen LogP contribution in [0.2, 0.25) is 0 Å². The van der Waals surface area contributed by atoms with Crippen LogP contribution in [-0.4, -0.2) is 10.9 Å². The number of hydrogen-bond donors (Lipinski definition) is 2. The Hall–Kier alpha value is -1.42. The van der Waals surface area contributed by atoms with Crippen molar-refractivity contribution in [2.45, 2.75) is 52.0 Å². The largest absolute Gasteiger partial charge is 0.392 e. The number of rotatable bonds is 5. The van der Waals surface area contributed by atoms with Crippen LogP contribution in [0.15, 0.2) is 24.3 Å². The van der Waals surface area contributed by atoms with Crippen LogP contribution in [0.4, 0.5) is 0 Å². The van der Waals surface area contributed by atoms with Gasteiger partial charge in [0, 0.05) is 0 Å². The quantitative estimate of drug-likeness (QED) is 0.821. The van der Waals surface area contributed by atoms with Gasteiger partial charge >= 0.3 is 0 Å². The monoisotopic (exact) mass is 304 g/mol. The lowest BCUT2D eigenvalue weighted by Crippen LogP contribution is -2.49. The molecular formula is C17H24N2OS. The first-order chi connectivity index (χ1) is 10.0. The van der Waals surface area contributed by atoms with Crippen molar-refractivity contribution in [3.63, 3.8) is 0 Å². The van der Waals surface area contributed by atoms with E-state index >= 15 is 0 Å². The molecule has 3 nitrogen and oxygen atoms in total. The maximum atomic E-state index is 12.8.